The minimum absolute atomic E-state index is 0.00845. The standard InChI is InChI=1S/C19H18ClN3O3S2/c1-12-13(2)27-19(21-12)22-18(24)14-6-4-9-17(10-14)28(25,26)23(3)16-8-5-7-15(20)11-16/h4-11H,1-3H3,(H,21,22,24). The van der Waals surface area contributed by atoms with Gasteiger partial charge in [-0.15, -0.1) is 11.3 Å². The highest BCUT2D eigenvalue weighted by Crippen LogP contribution is 2.26. The number of hydrogen-bond acceptors (Lipinski definition) is 5. The number of carbonyl (C=O) groups is 1. The molecule has 0 bridgehead atoms. The molecule has 0 aliphatic carbocycles. The van der Waals surface area contributed by atoms with Crippen LogP contribution in [0.25, 0.3) is 0 Å². The third kappa shape index (κ3) is 4.19. The third-order valence-electron chi connectivity index (χ3n) is 4.18. The number of halogens is 1. The molecule has 0 aliphatic rings. The maximum atomic E-state index is 13.0. The fourth-order valence-corrected chi connectivity index (χ4v) is 4.69. The van der Waals surface area contributed by atoms with Crippen molar-refractivity contribution in [3.05, 3.63) is 69.7 Å². The lowest BCUT2D eigenvalue weighted by Gasteiger charge is -2.20. The van der Waals surface area contributed by atoms with Crippen LogP contribution in [0, 0.1) is 13.8 Å². The van der Waals surface area contributed by atoms with Crippen molar-refractivity contribution in [1.82, 2.24) is 4.98 Å². The Morgan fingerprint density at radius 3 is 2.50 bits per heavy atom. The van der Waals surface area contributed by atoms with Crippen LogP contribution >= 0.6 is 22.9 Å². The number of thiazole rings is 1. The fraction of sp³-hybridized carbons (Fsp3) is 0.158. The number of aromatic nitrogens is 1. The fourth-order valence-electron chi connectivity index (χ4n) is 2.46. The first kappa shape index (κ1) is 20.3. The van der Waals surface area contributed by atoms with Crippen LogP contribution in [0.5, 0.6) is 0 Å². The summed E-state index contributed by atoms with van der Waals surface area (Å²) < 4.78 is 27.1. The van der Waals surface area contributed by atoms with Crippen LogP contribution in [0.3, 0.4) is 0 Å². The van der Waals surface area contributed by atoms with Gasteiger partial charge in [0.2, 0.25) is 0 Å². The van der Waals surface area contributed by atoms with Gasteiger partial charge in [0.05, 0.1) is 16.3 Å². The van der Waals surface area contributed by atoms with Crippen molar-refractivity contribution in [2.45, 2.75) is 18.7 Å². The number of amides is 1. The van der Waals surface area contributed by atoms with Crippen LogP contribution in [-0.2, 0) is 10.0 Å². The molecule has 0 radical (unpaired) electrons. The minimum Gasteiger partial charge on any atom is -0.298 e. The van der Waals surface area contributed by atoms with Crippen LogP contribution in [0.2, 0.25) is 5.02 Å². The lowest BCUT2D eigenvalue weighted by molar-refractivity contribution is 0.102. The molecule has 0 saturated heterocycles. The van der Waals surface area contributed by atoms with Crippen LogP contribution in [0.1, 0.15) is 20.9 Å². The van der Waals surface area contributed by atoms with Gasteiger partial charge in [-0.2, -0.15) is 0 Å². The van der Waals surface area contributed by atoms with Gasteiger partial charge in [0.15, 0.2) is 5.13 Å². The van der Waals surface area contributed by atoms with Gasteiger partial charge in [-0.1, -0.05) is 23.7 Å². The Balaban J connectivity index is 1.88. The average Bonchev–Trinajstić information content (AvgIpc) is 2.98. The van der Waals surface area contributed by atoms with Crippen LogP contribution in [0.15, 0.2) is 53.4 Å². The molecule has 0 spiro atoms. The molecule has 3 aromatic rings. The highest BCUT2D eigenvalue weighted by Gasteiger charge is 2.23. The first-order valence-electron chi connectivity index (χ1n) is 8.28. The number of carbonyl (C=O) groups excluding carboxylic acids is 1. The van der Waals surface area contributed by atoms with Gasteiger partial charge in [0.25, 0.3) is 15.9 Å². The maximum Gasteiger partial charge on any atom is 0.264 e. The second-order valence-corrected chi connectivity index (χ2v) is 9.70. The molecule has 1 aromatic heterocycles. The summed E-state index contributed by atoms with van der Waals surface area (Å²) >= 11 is 7.33. The Hall–Kier alpha value is -2.42. The summed E-state index contributed by atoms with van der Waals surface area (Å²) in [6.07, 6.45) is 0. The molecular weight excluding hydrogens is 418 g/mol. The maximum absolute atomic E-state index is 13.0. The molecule has 146 valence electrons. The second-order valence-electron chi connectivity index (χ2n) is 6.09. The summed E-state index contributed by atoms with van der Waals surface area (Å²) in [4.78, 5) is 17.8. The van der Waals surface area contributed by atoms with E-state index in [9.17, 15) is 13.2 Å². The van der Waals surface area contributed by atoms with Crippen LogP contribution < -0.4 is 9.62 Å². The Morgan fingerprint density at radius 1 is 1.14 bits per heavy atom. The van der Waals surface area contributed by atoms with Gasteiger partial charge in [0, 0.05) is 22.5 Å². The zero-order valence-corrected chi connectivity index (χ0v) is 17.8. The SMILES string of the molecule is Cc1nc(NC(=O)c2cccc(S(=O)(=O)N(C)c3cccc(Cl)c3)c2)sc1C. The number of sulfonamides is 1. The highest BCUT2D eigenvalue weighted by molar-refractivity contribution is 7.92. The van der Waals surface area contributed by atoms with Crippen LogP contribution in [0.4, 0.5) is 10.8 Å². The molecule has 0 fully saturated rings. The van der Waals surface area contributed by atoms with Crippen molar-refractivity contribution in [3.63, 3.8) is 0 Å². The molecule has 3 rings (SSSR count). The monoisotopic (exact) mass is 435 g/mol. The van der Waals surface area contributed by atoms with Gasteiger partial charge >= 0.3 is 0 Å². The van der Waals surface area contributed by atoms with Gasteiger partial charge < -0.3 is 0 Å². The number of anilines is 2. The Bertz CT molecular complexity index is 1120. The number of benzene rings is 2. The normalized spacial score (nSPS) is 11.3. The molecule has 1 amide bonds. The molecule has 0 aliphatic heterocycles. The van der Waals surface area contributed by atoms with Gasteiger partial charge in [-0.25, -0.2) is 13.4 Å². The van der Waals surface area contributed by atoms with Crippen LogP contribution in [-0.4, -0.2) is 26.4 Å². The van der Waals surface area contributed by atoms with Crippen molar-refractivity contribution in [3.8, 4) is 0 Å². The number of aryl methyl sites for hydroxylation is 2. The molecule has 1 heterocycles. The predicted octanol–water partition coefficient (Wildman–Crippen LogP) is 4.49. The summed E-state index contributed by atoms with van der Waals surface area (Å²) in [5.74, 6) is -0.420. The average molecular weight is 436 g/mol. The number of nitrogens with one attached hydrogen (secondary N) is 1. The summed E-state index contributed by atoms with van der Waals surface area (Å²) in [5.41, 5.74) is 1.50. The molecule has 0 saturated carbocycles. The molecular formula is C19H18ClN3O3S2. The van der Waals surface area contributed by atoms with E-state index >= 15 is 0 Å². The van der Waals surface area contributed by atoms with E-state index in [1.165, 1.54) is 36.6 Å². The minimum atomic E-state index is -3.86. The van der Waals surface area contributed by atoms with E-state index in [0.29, 0.717) is 15.8 Å². The molecule has 0 atom stereocenters. The zero-order chi connectivity index (χ0) is 20.5. The Morgan fingerprint density at radius 2 is 1.86 bits per heavy atom. The van der Waals surface area contributed by atoms with E-state index < -0.39 is 15.9 Å². The van der Waals surface area contributed by atoms with Crippen molar-refractivity contribution in [2.24, 2.45) is 0 Å². The predicted molar refractivity (Wildman–Crippen MR) is 113 cm³/mol. The summed E-state index contributed by atoms with van der Waals surface area (Å²) in [7, 11) is -2.42. The van der Waals surface area contributed by atoms with Crippen molar-refractivity contribution >= 4 is 49.7 Å². The van der Waals surface area contributed by atoms with Crippen molar-refractivity contribution < 1.29 is 13.2 Å². The second kappa shape index (κ2) is 7.90. The summed E-state index contributed by atoms with van der Waals surface area (Å²) in [5, 5.41) is 3.62. The smallest absolute Gasteiger partial charge is 0.264 e. The number of nitrogens with zero attached hydrogens (tertiary/aromatic N) is 2. The molecule has 28 heavy (non-hydrogen) atoms. The number of rotatable bonds is 5. The quantitative estimate of drug-likeness (QED) is 0.640. The summed E-state index contributed by atoms with van der Waals surface area (Å²) in [6.45, 7) is 3.78. The van der Waals surface area contributed by atoms with E-state index in [2.05, 4.69) is 10.3 Å². The van der Waals surface area contributed by atoms with Gasteiger partial charge in [-0.05, 0) is 50.2 Å². The molecule has 2 aromatic carbocycles. The third-order valence-corrected chi connectivity index (χ3v) is 7.18. The van der Waals surface area contributed by atoms with E-state index in [1.807, 2.05) is 13.8 Å². The van der Waals surface area contributed by atoms with E-state index in [4.69, 9.17) is 11.6 Å². The van der Waals surface area contributed by atoms with Crippen molar-refractivity contribution in [1.29, 1.82) is 0 Å². The van der Waals surface area contributed by atoms with E-state index in [0.717, 1.165) is 14.9 Å². The largest absolute Gasteiger partial charge is 0.298 e. The van der Waals surface area contributed by atoms with Crippen molar-refractivity contribution in [2.75, 3.05) is 16.7 Å². The zero-order valence-electron chi connectivity index (χ0n) is 15.4. The number of hydrogen-bond donors (Lipinski definition) is 1. The first-order chi connectivity index (χ1) is 13.2. The molecule has 9 heteroatoms. The summed E-state index contributed by atoms with van der Waals surface area (Å²) in [6, 6.07) is 12.4. The first-order valence-corrected chi connectivity index (χ1v) is 10.9. The van der Waals surface area contributed by atoms with E-state index in [1.54, 1.807) is 30.3 Å². The molecule has 6 nitrogen and oxygen atoms in total. The van der Waals surface area contributed by atoms with Gasteiger partial charge in [-0.3, -0.25) is 14.4 Å². The Kier molecular flexibility index (Phi) is 5.74. The van der Waals surface area contributed by atoms with Gasteiger partial charge in [0.1, 0.15) is 0 Å². The topological polar surface area (TPSA) is 79.4 Å². The Labute approximate surface area is 172 Å². The lowest BCUT2D eigenvalue weighted by atomic mass is 10.2. The molecule has 1 N–H and O–H groups in total. The van der Waals surface area contributed by atoms with E-state index in [-0.39, 0.29) is 10.5 Å². The highest BCUT2D eigenvalue weighted by atomic mass is 35.5. The lowest BCUT2D eigenvalue weighted by Crippen LogP contribution is -2.26. The molecule has 0 unspecified atom stereocenters.